The van der Waals surface area contributed by atoms with Crippen LogP contribution in [0.5, 0.6) is 5.75 Å². The van der Waals surface area contributed by atoms with Gasteiger partial charge in [0.25, 0.3) is 0 Å². The van der Waals surface area contributed by atoms with E-state index in [-0.39, 0.29) is 37.1 Å². The van der Waals surface area contributed by atoms with E-state index in [1.165, 1.54) is 11.0 Å². The molecular formula is C14H20F2N2O3. The monoisotopic (exact) mass is 302 g/mol. The number of ether oxygens (including phenoxy) is 1. The Balaban J connectivity index is 2.47. The lowest BCUT2D eigenvalue weighted by Gasteiger charge is -2.25. The topological polar surface area (TPSA) is 61.8 Å². The number of halogens is 2. The van der Waals surface area contributed by atoms with Gasteiger partial charge >= 0.3 is 6.03 Å². The summed E-state index contributed by atoms with van der Waals surface area (Å²) in [5.41, 5.74) is 0. The van der Waals surface area contributed by atoms with E-state index in [0.717, 1.165) is 12.1 Å². The Morgan fingerprint density at radius 2 is 2.10 bits per heavy atom. The van der Waals surface area contributed by atoms with E-state index in [4.69, 9.17) is 9.84 Å². The van der Waals surface area contributed by atoms with Crippen LogP contribution in [0.1, 0.15) is 13.8 Å². The molecule has 21 heavy (non-hydrogen) atoms. The zero-order valence-corrected chi connectivity index (χ0v) is 12.3. The molecule has 7 heteroatoms. The summed E-state index contributed by atoms with van der Waals surface area (Å²) < 4.78 is 31.3. The first-order valence-electron chi connectivity index (χ1n) is 6.57. The zero-order valence-electron chi connectivity index (χ0n) is 12.3. The Kier molecular flexibility index (Phi) is 6.36. The molecule has 0 aliphatic heterocycles. The Morgan fingerprint density at radius 1 is 1.43 bits per heavy atom. The second-order valence-electron chi connectivity index (χ2n) is 4.88. The summed E-state index contributed by atoms with van der Waals surface area (Å²) in [5, 5.41) is 11.6. The van der Waals surface area contributed by atoms with E-state index in [2.05, 4.69) is 5.32 Å². The Labute approximate surface area is 122 Å². The van der Waals surface area contributed by atoms with Gasteiger partial charge in [-0.25, -0.2) is 13.6 Å². The maximum Gasteiger partial charge on any atom is 0.317 e. The molecule has 0 saturated heterocycles. The minimum atomic E-state index is -0.792. The van der Waals surface area contributed by atoms with E-state index >= 15 is 0 Å². The number of nitrogens with one attached hydrogen (secondary N) is 1. The predicted octanol–water partition coefficient (Wildman–Crippen LogP) is 1.75. The number of likely N-dealkylation sites (N-methyl/N-ethyl adjacent to an activating group) is 1. The number of amides is 2. The summed E-state index contributed by atoms with van der Waals surface area (Å²) in [4.78, 5) is 13.2. The summed E-state index contributed by atoms with van der Waals surface area (Å²) >= 11 is 0. The minimum Gasteiger partial charge on any atom is -0.488 e. The van der Waals surface area contributed by atoms with Crippen LogP contribution in [0.2, 0.25) is 0 Å². The quantitative estimate of drug-likeness (QED) is 0.841. The number of aliphatic hydroxyl groups is 1. The van der Waals surface area contributed by atoms with Gasteiger partial charge in [-0.1, -0.05) is 0 Å². The second-order valence-corrected chi connectivity index (χ2v) is 4.88. The van der Waals surface area contributed by atoms with Gasteiger partial charge in [0, 0.05) is 13.1 Å². The minimum absolute atomic E-state index is 0.0373. The first-order valence-corrected chi connectivity index (χ1v) is 6.57. The van der Waals surface area contributed by atoms with Crippen molar-refractivity contribution in [3.8, 4) is 5.75 Å². The molecule has 1 rings (SSSR count). The van der Waals surface area contributed by atoms with Crippen molar-refractivity contribution in [2.45, 2.75) is 25.9 Å². The standard InChI is InChI=1S/C14H20F2N2O3/c1-9(17-14(20)18(3)10(2)7-19)8-21-13-5-4-11(15)6-12(13)16/h4-6,9-10,19H,7-8H2,1-3H3,(H,17,20). The van der Waals surface area contributed by atoms with Crippen LogP contribution in [0.3, 0.4) is 0 Å². The molecule has 0 spiro atoms. The maximum absolute atomic E-state index is 13.4. The van der Waals surface area contributed by atoms with Crippen molar-refractivity contribution >= 4 is 6.03 Å². The third-order valence-electron chi connectivity index (χ3n) is 3.00. The van der Waals surface area contributed by atoms with Crippen LogP contribution in [0.25, 0.3) is 0 Å². The van der Waals surface area contributed by atoms with Gasteiger partial charge in [0.05, 0.1) is 18.7 Å². The molecule has 5 nitrogen and oxygen atoms in total. The zero-order chi connectivity index (χ0) is 16.0. The molecule has 1 aromatic rings. The molecule has 0 saturated carbocycles. The Hall–Kier alpha value is -1.89. The van der Waals surface area contributed by atoms with Gasteiger partial charge in [-0.15, -0.1) is 0 Å². The van der Waals surface area contributed by atoms with Crippen molar-refractivity contribution in [1.29, 1.82) is 0 Å². The number of hydrogen-bond acceptors (Lipinski definition) is 3. The summed E-state index contributed by atoms with van der Waals surface area (Å²) in [6.07, 6.45) is 0. The van der Waals surface area contributed by atoms with Crippen LogP contribution in [-0.4, -0.2) is 48.4 Å². The lowest BCUT2D eigenvalue weighted by atomic mass is 10.3. The summed E-state index contributed by atoms with van der Waals surface area (Å²) in [6, 6.07) is 1.96. The van der Waals surface area contributed by atoms with E-state index in [1.54, 1.807) is 20.9 Å². The molecule has 0 radical (unpaired) electrons. The predicted molar refractivity (Wildman–Crippen MR) is 74.2 cm³/mol. The fraction of sp³-hybridized carbons (Fsp3) is 0.500. The highest BCUT2D eigenvalue weighted by Gasteiger charge is 2.17. The van der Waals surface area contributed by atoms with Gasteiger partial charge in [-0.05, 0) is 26.0 Å². The average molecular weight is 302 g/mol. The highest BCUT2D eigenvalue weighted by Crippen LogP contribution is 2.17. The van der Waals surface area contributed by atoms with Gasteiger partial charge in [0.15, 0.2) is 11.6 Å². The van der Waals surface area contributed by atoms with Crippen molar-refractivity contribution in [2.24, 2.45) is 0 Å². The number of urea groups is 1. The molecule has 2 atom stereocenters. The fourth-order valence-corrected chi connectivity index (χ4v) is 1.48. The van der Waals surface area contributed by atoms with Crippen LogP contribution < -0.4 is 10.1 Å². The van der Waals surface area contributed by atoms with Crippen molar-refractivity contribution in [3.63, 3.8) is 0 Å². The third kappa shape index (κ3) is 5.18. The molecule has 0 aliphatic carbocycles. The van der Waals surface area contributed by atoms with Crippen molar-refractivity contribution < 1.29 is 23.4 Å². The molecule has 2 unspecified atom stereocenters. The van der Waals surface area contributed by atoms with Gasteiger partial charge in [-0.2, -0.15) is 0 Å². The number of benzene rings is 1. The van der Waals surface area contributed by atoms with Gasteiger partial charge in [-0.3, -0.25) is 0 Å². The molecule has 0 heterocycles. The van der Waals surface area contributed by atoms with Crippen LogP contribution >= 0.6 is 0 Å². The van der Waals surface area contributed by atoms with E-state index < -0.39 is 11.6 Å². The molecule has 0 fully saturated rings. The number of carbonyl (C=O) groups is 1. The lowest BCUT2D eigenvalue weighted by Crippen LogP contribution is -2.48. The molecule has 1 aromatic carbocycles. The van der Waals surface area contributed by atoms with Crippen molar-refractivity contribution in [3.05, 3.63) is 29.8 Å². The van der Waals surface area contributed by atoms with Gasteiger partial charge in [0.1, 0.15) is 12.4 Å². The molecule has 118 valence electrons. The van der Waals surface area contributed by atoms with Crippen LogP contribution in [-0.2, 0) is 0 Å². The number of carbonyl (C=O) groups excluding carboxylic acids is 1. The molecule has 0 aliphatic rings. The smallest absolute Gasteiger partial charge is 0.317 e. The largest absolute Gasteiger partial charge is 0.488 e. The molecule has 2 N–H and O–H groups in total. The average Bonchev–Trinajstić information content (AvgIpc) is 2.44. The third-order valence-corrected chi connectivity index (χ3v) is 3.00. The second kappa shape index (κ2) is 7.78. The number of rotatable bonds is 6. The van der Waals surface area contributed by atoms with Gasteiger partial charge < -0.3 is 20.1 Å². The normalized spacial score (nSPS) is 13.4. The maximum atomic E-state index is 13.4. The highest BCUT2D eigenvalue weighted by molar-refractivity contribution is 5.74. The summed E-state index contributed by atoms with van der Waals surface area (Å²) in [5.74, 6) is -1.55. The number of aliphatic hydroxyl groups excluding tert-OH is 1. The molecular weight excluding hydrogens is 282 g/mol. The van der Waals surface area contributed by atoms with Crippen molar-refractivity contribution in [1.82, 2.24) is 10.2 Å². The van der Waals surface area contributed by atoms with Gasteiger partial charge in [0.2, 0.25) is 0 Å². The van der Waals surface area contributed by atoms with Crippen LogP contribution in [0, 0.1) is 11.6 Å². The van der Waals surface area contributed by atoms with Crippen molar-refractivity contribution in [2.75, 3.05) is 20.3 Å². The highest BCUT2D eigenvalue weighted by atomic mass is 19.1. The SMILES string of the molecule is CC(COc1ccc(F)cc1F)NC(=O)N(C)C(C)CO. The summed E-state index contributed by atoms with van der Waals surface area (Å²) in [6.45, 7) is 3.29. The van der Waals surface area contributed by atoms with Crippen LogP contribution in [0.15, 0.2) is 18.2 Å². The Bertz CT molecular complexity index is 485. The summed E-state index contributed by atoms with van der Waals surface area (Å²) in [7, 11) is 1.56. The number of hydrogen-bond donors (Lipinski definition) is 2. The fourth-order valence-electron chi connectivity index (χ4n) is 1.48. The lowest BCUT2D eigenvalue weighted by molar-refractivity contribution is 0.152. The van der Waals surface area contributed by atoms with E-state index in [9.17, 15) is 13.6 Å². The molecule has 0 bridgehead atoms. The Morgan fingerprint density at radius 3 is 2.67 bits per heavy atom. The first-order chi connectivity index (χ1) is 9.85. The first kappa shape index (κ1) is 17.2. The molecule has 2 amide bonds. The number of nitrogens with zero attached hydrogens (tertiary/aromatic N) is 1. The van der Waals surface area contributed by atoms with Crippen LogP contribution in [0.4, 0.5) is 13.6 Å². The molecule has 0 aromatic heterocycles. The van der Waals surface area contributed by atoms with E-state index in [1.807, 2.05) is 0 Å². The van der Waals surface area contributed by atoms with E-state index in [0.29, 0.717) is 0 Å².